The predicted octanol–water partition coefficient (Wildman–Crippen LogP) is 2.19. The fourth-order valence-electron chi connectivity index (χ4n) is 3.15. The van der Waals surface area contributed by atoms with Crippen molar-refractivity contribution in [3.63, 3.8) is 0 Å². The zero-order chi connectivity index (χ0) is 17.6. The minimum atomic E-state index is -4.09. The fourth-order valence-corrected chi connectivity index (χ4v) is 4.71. The minimum absolute atomic E-state index is 0.0538. The number of oxazole rings is 1. The standard InChI is InChI=1S/C13H16F4N2O4S/c14-11(15)10-9(18-8-23-10)5-24(20,21)19-3-1-13(16,17)12(6-19)2-4-22-7-12/h8,11H,1-7H2. The molecule has 2 aliphatic heterocycles. The van der Waals surface area contributed by atoms with Gasteiger partial charge in [-0.3, -0.25) is 0 Å². The molecule has 2 aliphatic rings. The zero-order valence-corrected chi connectivity index (χ0v) is 13.4. The Bertz CT molecular complexity index is 701. The van der Waals surface area contributed by atoms with Crippen molar-refractivity contribution >= 4 is 10.0 Å². The second kappa shape index (κ2) is 5.95. The van der Waals surface area contributed by atoms with Crippen LogP contribution in [0, 0.1) is 5.41 Å². The van der Waals surface area contributed by atoms with Crippen LogP contribution in [0.1, 0.15) is 30.7 Å². The third-order valence-corrected chi connectivity index (χ3v) is 6.35. The Hall–Kier alpha value is -1.20. The van der Waals surface area contributed by atoms with Crippen LogP contribution in [0.15, 0.2) is 10.8 Å². The third kappa shape index (κ3) is 2.93. The van der Waals surface area contributed by atoms with E-state index in [2.05, 4.69) is 9.40 Å². The van der Waals surface area contributed by atoms with Gasteiger partial charge in [0, 0.05) is 26.1 Å². The maximum absolute atomic E-state index is 14.2. The van der Waals surface area contributed by atoms with Crippen LogP contribution in [-0.2, 0) is 20.5 Å². The average Bonchev–Trinajstić information content (AvgIpc) is 3.11. The summed E-state index contributed by atoms with van der Waals surface area (Å²) in [5.41, 5.74) is -1.97. The molecule has 0 aliphatic carbocycles. The van der Waals surface area contributed by atoms with Gasteiger partial charge in [-0.1, -0.05) is 0 Å². The highest BCUT2D eigenvalue weighted by Crippen LogP contribution is 2.49. The molecule has 24 heavy (non-hydrogen) atoms. The SMILES string of the molecule is O=S(=O)(Cc1ncoc1C(F)F)N1CCC(F)(F)C2(CCOC2)C1. The van der Waals surface area contributed by atoms with Crippen molar-refractivity contribution in [3.05, 3.63) is 17.8 Å². The molecule has 136 valence electrons. The van der Waals surface area contributed by atoms with Crippen molar-refractivity contribution in [2.24, 2.45) is 5.41 Å². The average molecular weight is 372 g/mol. The quantitative estimate of drug-likeness (QED) is 0.758. The first kappa shape index (κ1) is 17.6. The summed E-state index contributed by atoms with van der Waals surface area (Å²) in [6.07, 6.45) is -2.84. The van der Waals surface area contributed by atoms with E-state index in [4.69, 9.17) is 4.74 Å². The molecule has 1 aromatic rings. The van der Waals surface area contributed by atoms with Crippen LogP contribution < -0.4 is 0 Å². The normalized spacial score (nSPS) is 28.0. The van der Waals surface area contributed by atoms with Gasteiger partial charge in [-0.25, -0.2) is 35.3 Å². The topological polar surface area (TPSA) is 72.6 Å². The predicted molar refractivity (Wildman–Crippen MR) is 73.1 cm³/mol. The van der Waals surface area contributed by atoms with Crippen molar-refractivity contribution in [2.45, 2.75) is 30.9 Å². The lowest BCUT2D eigenvalue weighted by atomic mass is 9.76. The summed E-state index contributed by atoms with van der Waals surface area (Å²) >= 11 is 0. The van der Waals surface area contributed by atoms with E-state index in [-0.39, 0.29) is 26.2 Å². The van der Waals surface area contributed by atoms with E-state index < -0.39 is 58.0 Å². The number of ether oxygens (including phenoxy) is 1. The molecule has 3 rings (SSSR count). The largest absolute Gasteiger partial charge is 0.442 e. The first-order valence-electron chi connectivity index (χ1n) is 7.31. The van der Waals surface area contributed by atoms with Crippen LogP contribution in [0.5, 0.6) is 0 Å². The summed E-state index contributed by atoms with van der Waals surface area (Å²) in [6.45, 7) is -0.857. The van der Waals surface area contributed by atoms with Crippen molar-refractivity contribution < 1.29 is 35.1 Å². The van der Waals surface area contributed by atoms with Crippen LogP contribution in [-0.4, -0.2) is 49.9 Å². The molecule has 1 aromatic heterocycles. The number of hydrogen-bond donors (Lipinski definition) is 0. The van der Waals surface area contributed by atoms with Gasteiger partial charge in [-0.15, -0.1) is 0 Å². The molecule has 0 radical (unpaired) electrons. The summed E-state index contributed by atoms with van der Waals surface area (Å²) in [4.78, 5) is 3.51. The van der Waals surface area contributed by atoms with Gasteiger partial charge in [-0.05, 0) is 6.42 Å². The Labute approximate surface area is 135 Å². The van der Waals surface area contributed by atoms with E-state index in [9.17, 15) is 26.0 Å². The summed E-state index contributed by atoms with van der Waals surface area (Å²) in [7, 11) is -4.09. The molecular formula is C13H16F4N2O4S. The lowest BCUT2D eigenvalue weighted by Gasteiger charge is -2.44. The molecule has 1 spiro atoms. The summed E-state index contributed by atoms with van der Waals surface area (Å²) < 4.78 is 89.5. The molecule has 0 bridgehead atoms. The maximum Gasteiger partial charge on any atom is 0.297 e. The van der Waals surface area contributed by atoms with Gasteiger partial charge >= 0.3 is 0 Å². The minimum Gasteiger partial charge on any atom is -0.442 e. The van der Waals surface area contributed by atoms with E-state index in [0.717, 1.165) is 10.7 Å². The van der Waals surface area contributed by atoms with E-state index >= 15 is 0 Å². The number of hydrogen-bond acceptors (Lipinski definition) is 5. The number of rotatable bonds is 4. The van der Waals surface area contributed by atoms with Crippen LogP contribution in [0.25, 0.3) is 0 Å². The molecule has 3 heterocycles. The van der Waals surface area contributed by atoms with Crippen LogP contribution in [0.2, 0.25) is 0 Å². The lowest BCUT2D eigenvalue weighted by Crippen LogP contribution is -2.57. The van der Waals surface area contributed by atoms with E-state index in [1.165, 1.54) is 0 Å². The molecule has 6 nitrogen and oxygen atoms in total. The first-order valence-corrected chi connectivity index (χ1v) is 8.92. The van der Waals surface area contributed by atoms with Crippen molar-refractivity contribution in [1.82, 2.24) is 9.29 Å². The first-order chi connectivity index (χ1) is 11.2. The summed E-state index contributed by atoms with van der Waals surface area (Å²) in [5.74, 6) is -4.66. The Kier molecular flexibility index (Phi) is 4.37. The van der Waals surface area contributed by atoms with Gasteiger partial charge in [0.05, 0.1) is 12.0 Å². The molecule has 11 heteroatoms. The number of sulfonamides is 1. The van der Waals surface area contributed by atoms with Gasteiger partial charge < -0.3 is 9.15 Å². The molecule has 0 amide bonds. The Balaban J connectivity index is 1.81. The van der Waals surface area contributed by atoms with Crippen LogP contribution in [0.4, 0.5) is 17.6 Å². The van der Waals surface area contributed by atoms with Crippen molar-refractivity contribution in [2.75, 3.05) is 26.3 Å². The van der Waals surface area contributed by atoms with E-state index in [0.29, 0.717) is 0 Å². The smallest absolute Gasteiger partial charge is 0.297 e. The monoisotopic (exact) mass is 372 g/mol. The molecule has 0 saturated carbocycles. The van der Waals surface area contributed by atoms with Gasteiger partial charge in [0.25, 0.3) is 12.3 Å². The maximum atomic E-state index is 14.2. The van der Waals surface area contributed by atoms with Crippen molar-refractivity contribution in [3.8, 4) is 0 Å². The number of aromatic nitrogens is 1. The molecule has 0 N–H and O–H groups in total. The Morgan fingerprint density at radius 3 is 2.71 bits per heavy atom. The second-order valence-electron chi connectivity index (χ2n) is 6.09. The molecular weight excluding hydrogens is 356 g/mol. The highest BCUT2D eigenvalue weighted by molar-refractivity contribution is 7.88. The zero-order valence-electron chi connectivity index (χ0n) is 12.6. The molecule has 2 saturated heterocycles. The number of halogens is 4. The lowest BCUT2D eigenvalue weighted by molar-refractivity contribution is -0.154. The summed E-state index contributed by atoms with van der Waals surface area (Å²) in [5, 5.41) is 0. The summed E-state index contributed by atoms with van der Waals surface area (Å²) in [6, 6.07) is 0. The van der Waals surface area contributed by atoms with E-state index in [1.807, 2.05) is 0 Å². The molecule has 2 fully saturated rings. The number of piperidine rings is 1. The number of nitrogens with zero attached hydrogens (tertiary/aromatic N) is 2. The highest BCUT2D eigenvalue weighted by Gasteiger charge is 2.59. The highest BCUT2D eigenvalue weighted by atomic mass is 32.2. The second-order valence-corrected chi connectivity index (χ2v) is 8.06. The third-order valence-electron chi connectivity index (χ3n) is 4.62. The van der Waals surface area contributed by atoms with Gasteiger partial charge in [0.2, 0.25) is 10.0 Å². The Morgan fingerprint density at radius 2 is 2.08 bits per heavy atom. The van der Waals surface area contributed by atoms with Gasteiger partial charge in [0.15, 0.2) is 12.2 Å². The van der Waals surface area contributed by atoms with Crippen LogP contribution in [0.3, 0.4) is 0 Å². The number of alkyl halides is 4. The fraction of sp³-hybridized carbons (Fsp3) is 0.769. The molecule has 0 aromatic carbocycles. The van der Waals surface area contributed by atoms with Gasteiger partial charge in [-0.2, -0.15) is 0 Å². The van der Waals surface area contributed by atoms with Gasteiger partial charge in [0.1, 0.15) is 11.4 Å². The Morgan fingerprint density at radius 1 is 1.33 bits per heavy atom. The molecule has 1 atom stereocenters. The molecule has 1 unspecified atom stereocenters. The van der Waals surface area contributed by atoms with Crippen molar-refractivity contribution in [1.29, 1.82) is 0 Å². The van der Waals surface area contributed by atoms with Crippen LogP contribution >= 0.6 is 0 Å². The van der Waals surface area contributed by atoms with E-state index in [1.54, 1.807) is 0 Å².